The number of hydrogen-bond donors (Lipinski definition) is 5. The maximum atomic E-state index is 12.0. The van der Waals surface area contributed by atoms with Crippen LogP contribution >= 0.6 is 0 Å². The SMILES string of the molecule is C.CN.CNC(=O)[C@@H]1CCCN1.CNC(=O)[C@@H]1CCCN1C(=O)OCc1ccccc1.O=C(O)C1CCCC1.O=S(=O)=O.O=S(=O)=O.O=S(=O)=O. The van der Waals surface area contributed by atoms with Crippen LogP contribution in [0.2, 0.25) is 0 Å². The highest BCUT2D eigenvalue weighted by atomic mass is 32.2. The van der Waals surface area contributed by atoms with Crippen LogP contribution in [-0.4, -0.2) is 118 Å². The summed E-state index contributed by atoms with van der Waals surface area (Å²) in [7, 11) is -4.59. The van der Waals surface area contributed by atoms with Crippen molar-refractivity contribution in [3.05, 3.63) is 35.9 Å². The van der Waals surface area contributed by atoms with Crippen LogP contribution in [0.25, 0.3) is 0 Å². The molecular formula is C28H49N5O15S3. The third-order valence-corrected chi connectivity index (χ3v) is 6.57. The molecule has 1 saturated carbocycles. The fourth-order valence-electron chi connectivity index (χ4n) is 4.48. The summed E-state index contributed by atoms with van der Waals surface area (Å²) < 4.78 is 81.2. The number of carboxylic acid groups (broad SMARTS) is 1. The molecule has 3 amide bonds. The predicted molar refractivity (Wildman–Crippen MR) is 181 cm³/mol. The molecular weight excluding hydrogens is 743 g/mol. The summed E-state index contributed by atoms with van der Waals surface area (Å²) in [4.78, 5) is 46.2. The number of carbonyl (C=O) groups is 4. The Hall–Kier alpha value is -4.32. The fraction of sp³-hybridized carbons (Fsp3) is 0.643. The third kappa shape index (κ3) is 31.4. The van der Waals surface area contributed by atoms with Gasteiger partial charge in [-0.2, -0.15) is 0 Å². The van der Waals surface area contributed by atoms with Gasteiger partial charge in [0.25, 0.3) is 0 Å². The van der Waals surface area contributed by atoms with Crippen LogP contribution in [0.5, 0.6) is 0 Å². The van der Waals surface area contributed by atoms with Gasteiger partial charge in [-0.25, -0.2) is 4.79 Å². The van der Waals surface area contributed by atoms with E-state index in [4.69, 9.17) is 47.7 Å². The Balaban J connectivity index is -0.000000291. The van der Waals surface area contributed by atoms with Crippen molar-refractivity contribution in [2.75, 3.05) is 34.2 Å². The molecule has 3 aliphatic rings. The monoisotopic (exact) mass is 791 g/mol. The maximum Gasteiger partial charge on any atom is 0.425 e. The second-order valence-electron chi connectivity index (χ2n) is 9.70. The normalized spacial score (nSPS) is 16.3. The number of rotatable bonds is 5. The molecule has 6 N–H and O–H groups in total. The number of likely N-dealkylation sites (tertiary alicyclic amines) is 1. The van der Waals surface area contributed by atoms with E-state index in [2.05, 4.69) is 21.7 Å². The number of nitrogens with two attached hydrogens (primary N) is 1. The van der Waals surface area contributed by atoms with Crippen molar-refractivity contribution >= 4 is 55.7 Å². The zero-order chi connectivity index (χ0) is 39.1. The third-order valence-electron chi connectivity index (χ3n) is 6.57. The van der Waals surface area contributed by atoms with Gasteiger partial charge >= 0.3 is 43.9 Å². The van der Waals surface area contributed by atoms with E-state index in [0.29, 0.717) is 13.0 Å². The van der Waals surface area contributed by atoms with Gasteiger partial charge in [-0.1, -0.05) is 50.6 Å². The van der Waals surface area contributed by atoms with Crippen molar-refractivity contribution in [2.45, 2.75) is 77.5 Å². The van der Waals surface area contributed by atoms with Gasteiger partial charge < -0.3 is 31.5 Å². The van der Waals surface area contributed by atoms with Gasteiger partial charge in [-0.05, 0) is 57.7 Å². The van der Waals surface area contributed by atoms with Crippen molar-refractivity contribution in [1.29, 1.82) is 0 Å². The first-order valence-electron chi connectivity index (χ1n) is 14.8. The van der Waals surface area contributed by atoms with E-state index in [1.165, 1.54) is 11.9 Å². The van der Waals surface area contributed by atoms with Gasteiger partial charge in [-0.3, -0.25) is 19.3 Å². The van der Waals surface area contributed by atoms with Crippen LogP contribution in [0.1, 0.15) is 64.4 Å². The molecule has 0 spiro atoms. The molecule has 1 aliphatic carbocycles. The largest absolute Gasteiger partial charge is 0.481 e. The molecule has 51 heavy (non-hydrogen) atoms. The molecule has 3 fully saturated rings. The highest BCUT2D eigenvalue weighted by molar-refractivity contribution is 7.59. The van der Waals surface area contributed by atoms with E-state index in [1.807, 2.05) is 30.3 Å². The molecule has 2 saturated heterocycles. The molecule has 0 radical (unpaired) electrons. The minimum atomic E-state index is -3.11. The standard InChI is InChI=1S/C14H18N2O3.C6H12N2O.C6H10O2.CH5N.CH4.3O3S/c1-15-13(17)12-8-5-9-16(12)14(18)19-10-11-6-3-2-4-7-11;1-7-6(9)5-3-2-4-8-5;7-6(8)5-3-1-2-4-5;1-2;;3*1-4(2)3/h2-4,6-7,12H,5,8-10H2,1H3,(H,15,17);5,8H,2-4H2,1H3,(H,7,9);5H,1-4H2,(H,7,8);2H2,1H3;1H4;;;/t12-;5-;;;;;;/m00....../s1. The van der Waals surface area contributed by atoms with E-state index in [1.54, 1.807) is 14.1 Å². The van der Waals surface area contributed by atoms with Gasteiger partial charge in [-0.15, -0.1) is 37.9 Å². The van der Waals surface area contributed by atoms with Gasteiger partial charge in [0.05, 0.1) is 12.0 Å². The average molecular weight is 792 g/mol. The highest BCUT2D eigenvalue weighted by Crippen LogP contribution is 2.24. The molecule has 2 atom stereocenters. The molecule has 1 aromatic carbocycles. The summed E-state index contributed by atoms with van der Waals surface area (Å²) in [6, 6.07) is 9.18. The van der Waals surface area contributed by atoms with E-state index in [-0.39, 0.29) is 37.8 Å². The number of aliphatic carboxylic acids is 1. The van der Waals surface area contributed by atoms with Crippen LogP contribution in [0.3, 0.4) is 0 Å². The summed E-state index contributed by atoms with van der Waals surface area (Å²) in [5, 5.41) is 16.7. The molecule has 0 aromatic heterocycles. The molecule has 4 rings (SSSR count). The first kappa shape index (κ1) is 53.5. The topological polar surface area (TPSA) is 317 Å². The molecule has 1 aromatic rings. The first-order valence-corrected chi connectivity index (χ1v) is 17.8. The first-order chi connectivity index (χ1) is 23.6. The summed E-state index contributed by atoms with van der Waals surface area (Å²) in [6.07, 6.45) is 7.23. The summed E-state index contributed by atoms with van der Waals surface area (Å²) in [6.45, 7) is 1.79. The fourth-order valence-corrected chi connectivity index (χ4v) is 4.48. The Morgan fingerprint density at radius 2 is 1.25 bits per heavy atom. The van der Waals surface area contributed by atoms with Gasteiger partial charge in [0.1, 0.15) is 12.6 Å². The van der Waals surface area contributed by atoms with Crippen LogP contribution in [0.4, 0.5) is 4.79 Å². The molecule has 20 nitrogen and oxygen atoms in total. The summed E-state index contributed by atoms with van der Waals surface area (Å²) in [5.41, 5.74) is 5.44. The maximum absolute atomic E-state index is 12.0. The number of nitrogens with zero attached hydrogens (tertiary/aromatic N) is 1. The number of carboxylic acids is 1. The Bertz CT molecular complexity index is 1380. The molecule has 0 bridgehead atoms. The quantitative estimate of drug-likeness (QED) is 0.250. The van der Waals surface area contributed by atoms with Gasteiger partial charge in [0.15, 0.2) is 0 Å². The average Bonchev–Trinajstić information content (AvgIpc) is 3.88. The van der Waals surface area contributed by atoms with Crippen molar-refractivity contribution < 1.29 is 66.9 Å². The molecule has 2 aliphatic heterocycles. The minimum Gasteiger partial charge on any atom is -0.481 e. The second kappa shape index (κ2) is 34.1. The molecule has 2 heterocycles. The zero-order valence-electron chi connectivity index (χ0n) is 27.8. The zero-order valence-corrected chi connectivity index (χ0v) is 30.3. The van der Waals surface area contributed by atoms with E-state index >= 15 is 0 Å². The predicted octanol–water partition coefficient (Wildman–Crippen LogP) is -0.522. The number of benzene rings is 1. The summed E-state index contributed by atoms with van der Waals surface area (Å²) >= 11 is 0. The number of nitrogens with one attached hydrogen (secondary N) is 3. The Labute approximate surface area is 302 Å². The second-order valence-corrected chi connectivity index (χ2v) is 10.9. The number of amides is 3. The number of likely N-dealkylation sites (N-methyl/N-ethyl adjacent to an activating group) is 2. The molecule has 0 unspecified atom stereocenters. The Morgan fingerprint density at radius 1 is 0.784 bits per heavy atom. The number of hydrogen-bond acceptors (Lipinski definition) is 16. The Kier molecular flexibility index (Phi) is 35.8. The van der Waals surface area contributed by atoms with Crippen LogP contribution in [0.15, 0.2) is 30.3 Å². The van der Waals surface area contributed by atoms with Crippen LogP contribution in [0, 0.1) is 5.92 Å². The highest BCUT2D eigenvalue weighted by Gasteiger charge is 2.34. The van der Waals surface area contributed by atoms with Crippen molar-refractivity contribution in [2.24, 2.45) is 11.7 Å². The van der Waals surface area contributed by atoms with Crippen molar-refractivity contribution in [3.63, 3.8) is 0 Å². The van der Waals surface area contributed by atoms with Crippen LogP contribution in [-0.2, 0) is 57.6 Å². The van der Waals surface area contributed by atoms with Crippen molar-refractivity contribution in [3.8, 4) is 0 Å². The number of carbonyl (C=O) groups excluding carboxylic acids is 3. The van der Waals surface area contributed by atoms with Crippen molar-refractivity contribution in [1.82, 2.24) is 20.9 Å². The lowest BCUT2D eigenvalue weighted by Gasteiger charge is -2.22. The van der Waals surface area contributed by atoms with E-state index in [9.17, 15) is 19.2 Å². The lowest BCUT2D eigenvalue weighted by atomic mass is 10.1. The molecule has 294 valence electrons. The Morgan fingerprint density at radius 3 is 1.63 bits per heavy atom. The van der Waals surface area contributed by atoms with Gasteiger partial charge in [0, 0.05) is 20.6 Å². The van der Waals surface area contributed by atoms with E-state index in [0.717, 1.165) is 57.1 Å². The van der Waals surface area contributed by atoms with Crippen LogP contribution < -0.4 is 21.7 Å². The molecule has 23 heteroatoms. The summed E-state index contributed by atoms with van der Waals surface area (Å²) in [5.74, 6) is -0.640. The minimum absolute atomic E-state index is 0. The lowest BCUT2D eigenvalue weighted by Crippen LogP contribution is -2.45. The smallest absolute Gasteiger partial charge is 0.425 e. The van der Waals surface area contributed by atoms with Gasteiger partial charge in [0.2, 0.25) is 11.8 Å². The number of ether oxygens (including phenoxy) is 1. The van der Waals surface area contributed by atoms with E-state index < -0.39 is 49.9 Å². The lowest BCUT2D eigenvalue weighted by molar-refractivity contribution is -0.141.